The van der Waals surface area contributed by atoms with Crippen LogP contribution in [0.2, 0.25) is 0 Å². The molecule has 0 spiro atoms. The van der Waals surface area contributed by atoms with Crippen LogP contribution in [0, 0.1) is 5.92 Å². The summed E-state index contributed by atoms with van der Waals surface area (Å²) in [7, 11) is 0. The van der Waals surface area contributed by atoms with E-state index < -0.39 is 0 Å². The molecule has 5 nitrogen and oxygen atoms in total. The highest BCUT2D eigenvalue weighted by atomic mass is 15.1. The molecule has 0 amide bonds. The van der Waals surface area contributed by atoms with Crippen molar-refractivity contribution in [1.82, 2.24) is 9.97 Å². The van der Waals surface area contributed by atoms with Crippen molar-refractivity contribution in [2.24, 2.45) is 11.7 Å². The van der Waals surface area contributed by atoms with Crippen molar-refractivity contribution in [3.05, 3.63) is 12.4 Å². The van der Waals surface area contributed by atoms with Crippen LogP contribution >= 0.6 is 0 Å². The van der Waals surface area contributed by atoms with E-state index in [1.807, 2.05) is 6.07 Å². The first-order chi connectivity index (χ1) is 9.28. The van der Waals surface area contributed by atoms with Crippen molar-refractivity contribution in [3.63, 3.8) is 0 Å². The fourth-order valence-corrected chi connectivity index (χ4v) is 2.29. The Hall–Kier alpha value is -1.36. The maximum atomic E-state index is 5.54. The topological polar surface area (TPSA) is 75.9 Å². The molecular weight excluding hydrogens is 238 g/mol. The SMILES string of the molecule is CC(CCN)Nc1cc(NCCC2CCC2)ncn1. The average Bonchev–Trinajstić information content (AvgIpc) is 2.33. The summed E-state index contributed by atoms with van der Waals surface area (Å²) in [6, 6.07) is 2.30. The van der Waals surface area contributed by atoms with Crippen molar-refractivity contribution in [2.75, 3.05) is 23.7 Å². The lowest BCUT2D eigenvalue weighted by Gasteiger charge is -2.25. The molecule has 106 valence electrons. The number of hydrogen-bond donors (Lipinski definition) is 3. The van der Waals surface area contributed by atoms with Gasteiger partial charge in [-0.05, 0) is 32.2 Å². The van der Waals surface area contributed by atoms with Gasteiger partial charge in [0.2, 0.25) is 0 Å². The van der Waals surface area contributed by atoms with E-state index in [-0.39, 0.29) is 0 Å². The summed E-state index contributed by atoms with van der Waals surface area (Å²) in [5.74, 6) is 2.69. The molecule has 1 fully saturated rings. The highest BCUT2D eigenvalue weighted by Crippen LogP contribution is 2.29. The van der Waals surface area contributed by atoms with Crippen molar-refractivity contribution in [3.8, 4) is 0 Å². The first kappa shape index (κ1) is 14.1. The predicted molar refractivity (Wildman–Crippen MR) is 79.2 cm³/mol. The van der Waals surface area contributed by atoms with Crippen LogP contribution in [0.5, 0.6) is 0 Å². The Bertz CT molecular complexity index is 378. The van der Waals surface area contributed by atoms with Gasteiger partial charge < -0.3 is 16.4 Å². The minimum atomic E-state index is 0.336. The average molecular weight is 263 g/mol. The summed E-state index contributed by atoms with van der Waals surface area (Å²) < 4.78 is 0. The summed E-state index contributed by atoms with van der Waals surface area (Å²) in [4.78, 5) is 8.48. The quantitative estimate of drug-likeness (QED) is 0.670. The van der Waals surface area contributed by atoms with E-state index in [2.05, 4.69) is 27.5 Å². The van der Waals surface area contributed by atoms with Crippen molar-refractivity contribution in [2.45, 2.75) is 45.1 Å². The molecule has 19 heavy (non-hydrogen) atoms. The highest BCUT2D eigenvalue weighted by molar-refractivity contribution is 5.46. The summed E-state index contributed by atoms with van der Waals surface area (Å²) in [5, 5.41) is 6.71. The molecule has 4 N–H and O–H groups in total. The van der Waals surface area contributed by atoms with Crippen molar-refractivity contribution < 1.29 is 0 Å². The summed E-state index contributed by atoms with van der Waals surface area (Å²) in [6.45, 7) is 3.80. The van der Waals surface area contributed by atoms with Gasteiger partial charge in [0.15, 0.2) is 0 Å². The second-order valence-electron chi connectivity index (χ2n) is 5.42. The van der Waals surface area contributed by atoms with Crippen LogP contribution in [0.4, 0.5) is 11.6 Å². The number of anilines is 2. The van der Waals surface area contributed by atoms with Gasteiger partial charge in [0.05, 0.1) is 0 Å². The molecule has 1 unspecified atom stereocenters. The van der Waals surface area contributed by atoms with Crippen LogP contribution < -0.4 is 16.4 Å². The lowest BCUT2D eigenvalue weighted by atomic mass is 9.83. The van der Waals surface area contributed by atoms with Crippen molar-refractivity contribution in [1.29, 1.82) is 0 Å². The van der Waals surface area contributed by atoms with Crippen LogP contribution in [0.15, 0.2) is 12.4 Å². The van der Waals surface area contributed by atoms with Gasteiger partial charge in [0.1, 0.15) is 18.0 Å². The minimum Gasteiger partial charge on any atom is -0.370 e. The van der Waals surface area contributed by atoms with E-state index in [1.165, 1.54) is 25.7 Å². The first-order valence-corrected chi connectivity index (χ1v) is 7.30. The first-order valence-electron chi connectivity index (χ1n) is 7.30. The molecule has 0 aliphatic heterocycles. The second kappa shape index (κ2) is 7.28. The molecule has 1 aromatic heterocycles. The normalized spacial score (nSPS) is 16.7. The summed E-state index contributed by atoms with van der Waals surface area (Å²) >= 11 is 0. The van der Waals surface area contributed by atoms with E-state index in [1.54, 1.807) is 6.33 Å². The van der Waals surface area contributed by atoms with Gasteiger partial charge in [-0.2, -0.15) is 0 Å². The Morgan fingerprint density at radius 2 is 2.16 bits per heavy atom. The van der Waals surface area contributed by atoms with E-state index >= 15 is 0 Å². The molecule has 0 aromatic carbocycles. The lowest BCUT2D eigenvalue weighted by molar-refractivity contribution is 0.303. The molecule has 2 rings (SSSR count). The minimum absolute atomic E-state index is 0.336. The van der Waals surface area contributed by atoms with Gasteiger partial charge in [-0.25, -0.2) is 9.97 Å². The van der Waals surface area contributed by atoms with Crippen LogP contribution in [0.3, 0.4) is 0 Å². The van der Waals surface area contributed by atoms with E-state index in [0.29, 0.717) is 12.6 Å². The van der Waals surface area contributed by atoms with Crippen molar-refractivity contribution >= 4 is 11.6 Å². The third-order valence-corrected chi connectivity index (χ3v) is 3.74. The second-order valence-corrected chi connectivity index (χ2v) is 5.42. The van der Waals surface area contributed by atoms with Crippen LogP contribution in [-0.4, -0.2) is 29.1 Å². The Balaban J connectivity index is 1.76. The van der Waals surface area contributed by atoms with Gasteiger partial charge in [-0.3, -0.25) is 0 Å². The molecule has 1 heterocycles. The van der Waals surface area contributed by atoms with Gasteiger partial charge in [0, 0.05) is 18.7 Å². The molecule has 1 aliphatic rings. The zero-order valence-corrected chi connectivity index (χ0v) is 11.7. The summed E-state index contributed by atoms with van der Waals surface area (Å²) in [5.41, 5.74) is 5.54. The molecule has 1 saturated carbocycles. The zero-order chi connectivity index (χ0) is 13.5. The van der Waals surface area contributed by atoms with E-state index in [0.717, 1.165) is 30.5 Å². The fourth-order valence-electron chi connectivity index (χ4n) is 2.29. The Morgan fingerprint density at radius 3 is 2.84 bits per heavy atom. The third kappa shape index (κ3) is 4.67. The molecule has 0 saturated heterocycles. The fraction of sp³-hybridized carbons (Fsp3) is 0.714. The third-order valence-electron chi connectivity index (χ3n) is 3.74. The Labute approximate surface area is 115 Å². The van der Waals surface area contributed by atoms with Gasteiger partial charge in [0.25, 0.3) is 0 Å². The predicted octanol–water partition coefficient (Wildman–Crippen LogP) is 2.23. The summed E-state index contributed by atoms with van der Waals surface area (Å²) in [6.07, 6.45) is 7.99. The molecule has 5 heteroatoms. The Morgan fingerprint density at radius 1 is 1.37 bits per heavy atom. The number of aromatic nitrogens is 2. The molecular formula is C14H25N5. The highest BCUT2D eigenvalue weighted by Gasteiger charge is 2.16. The molecule has 1 aromatic rings. The van der Waals surface area contributed by atoms with Gasteiger partial charge in [-0.15, -0.1) is 0 Å². The van der Waals surface area contributed by atoms with Gasteiger partial charge >= 0.3 is 0 Å². The molecule has 1 aliphatic carbocycles. The van der Waals surface area contributed by atoms with Crippen LogP contribution in [0.1, 0.15) is 39.0 Å². The standard InChI is InChI=1S/C14H25N5/c1-11(5-7-15)19-14-9-13(17-10-18-14)16-8-6-12-3-2-4-12/h9-12H,2-8,15H2,1H3,(H2,16,17,18,19). The number of rotatable bonds is 8. The molecule has 0 bridgehead atoms. The smallest absolute Gasteiger partial charge is 0.131 e. The molecule has 0 radical (unpaired) electrons. The maximum Gasteiger partial charge on any atom is 0.131 e. The number of nitrogens with zero attached hydrogens (tertiary/aromatic N) is 2. The Kier molecular flexibility index (Phi) is 5.39. The maximum absolute atomic E-state index is 5.54. The van der Waals surface area contributed by atoms with Crippen LogP contribution in [0.25, 0.3) is 0 Å². The van der Waals surface area contributed by atoms with E-state index in [4.69, 9.17) is 5.73 Å². The van der Waals surface area contributed by atoms with E-state index in [9.17, 15) is 0 Å². The molecule has 1 atom stereocenters. The largest absolute Gasteiger partial charge is 0.370 e. The zero-order valence-electron chi connectivity index (χ0n) is 11.7. The monoisotopic (exact) mass is 263 g/mol. The number of nitrogens with one attached hydrogen (secondary N) is 2. The van der Waals surface area contributed by atoms with Crippen LogP contribution in [-0.2, 0) is 0 Å². The number of nitrogens with two attached hydrogens (primary N) is 1. The van der Waals surface area contributed by atoms with Gasteiger partial charge in [-0.1, -0.05) is 19.3 Å². The number of hydrogen-bond acceptors (Lipinski definition) is 5. The lowest BCUT2D eigenvalue weighted by Crippen LogP contribution is -2.20.